The van der Waals surface area contributed by atoms with Gasteiger partial charge < -0.3 is 15.0 Å². The first kappa shape index (κ1) is 29.1. The summed E-state index contributed by atoms with van der Waals surface area (Å²) in [5.41, 5.74) is 0.757. The lowest BCUT2D eigenvalue weighted by Crippen LogP contribution is -2.53. The monoisotopic (exact) mass is 569 g/mol. The lowest BCUT2D eigenvalue weighted by molar-refractivity contribution is -0.140. The Labute approximate surface area is 228 Å². The van der Waals surface area contributed by atoms with Crippen molar-refractivity contribution in [2.45, 2.75) is 57.7 Å². The molecule has 0 heterocycles. The van der Waals surface area contributed by atoms with E-state index in [1.54, 1.807) is 36.4 Å². The van der Waals surface area contributed by atoms with Crippen LogP contribution in [0.3, 0.4) is 0 Å². The van der Waals surface area contributed by atoms with E-state index in [4.69, 9.17) is 27.9 Å². The molecule has 0 radical (unpaired) electrons. The molecule has 202 valence electrons. The predicted octanol–water partition coefficient (Wildman–Crippen LogP) is 4.63. The van der Waals surface area contributed by atoms with Gasteiger partial charge in [0.2, 0.25) is 21.8 Å². The zero-order valence-corrected chi connectivity index (χ0v) is 23.6. The first-order valence-corrected chi connectivity index (χ1v) is 14.8. The molecule has 1 unspecified atom stereocenters. The van der Waals surface area contributed by atoms with Gasteiger partial charge in [0.25, 0.3) is 0 Å². The van der Waals surface area contributed by atoms with E-state index >= 15 is 0 Å². The second kappa shape index (κ2) is 12.8. The number of hydrogen-bond donors (Lipinski definition) is 1. The normalized spacial score (nSPS) is 14.7. The summed E-state index contributed by atoms with van der Waals surface area (Å²) in [5, 5.41) is 3.77. The third kappa shape index (κ3) is 7.52. The summed E-state index contributed by atoms with van der Waals surface area (Å²) in [5.74, 6) is -0.392. The number of ether oxygens (including phenoxy) is 1. The van der Waals surface area contributed by atoms with Gasteiger partial charge in [-0.25, -0.2) is 8.42 Å². The van der Waals surface area contributed by atoms with Crippen LogP contribution in [0.2, 0.25) is 10.0 Å². The Hall–Kier alpha value is -2.49. The number of nitrogens with one attached hydrogen (secondary N) is 1. The number of amides is 2. The fourth-order valence-corrected chi connectivity index (χ4v) is 5.88. The van der Waals surface area contributed by atoms with Crippen molar-refractivity contribution >= 4 is 50.7 Å². The van der Waals surface area contributed by atoms with Gasteiger partial charge in [-0.05, 0) is 43.5 Å². The maximum atomic E-state index is 13.8. The highest BCUT2D eigenvalue weighted by molar-refractivity contribution is 7.92. The zero-order chi connectivity index (χ0) is 27.2. The number of halogens is 2. The number of anilines is 1. The molecule has 1 fully saturated rings. The molecule has 2 aromatic carbocycles. The van der Waals surface area contributed by atoms with Crippen LogP contribution >= 0.6 is 23.2 Å². The van der Waals surface area contributed by atoms with Crippen LogP contribution in [0.4, 0.5) is 5.69 Å². The van der Waals surface area contributed by atoms with E-state index in [0.717, 1.165) is 36.2 Å². The molecule has 1 aliphatic carbocycles. The minimum Gasteiger partial charge on any atom is -0.497 e. The van der Waals surface area contributed by atoms with Gasteiger partial charge in [-0.1, -0.05) is 55.1 Å². The van der Waals surface area contributed by atoms with Crippen molar-refractivity contribution in [1.82, 2.24) is 10.2 Å². The topological polar surface area (TPSA) is 96.0 Å². The van der Waals surface area contributed by atoms with Crippen molar-refractivity contribution in [2.24, 2.45) is 0 Å². The molecule has 0 saturated heterocycles. The number of nitrogens with zero attached hydrogens (tertiary/aromatic N) is 2. The molecule has 1 N–H and O–H groups in total. The molecule has 2 aromatic rings. The number of benzene rings is 2. The number of carbonyl (C=O) groups is 2. The van der Waals surface area contributed by atoms with E-state index < -0.39 is 28.5 Å². The SMILES string of the molecule is CCC(C(=O)NC1CCCC1)N(Cc1c(Cl)cccc1Cl)C(=O)CN(c1cccc(OC)c1)S(C)(=O)=O. The molecule has 1 saturated carbocycles. The molecule has 3 rings (SSSR count). The fourth-order valence-electron chi connectivity index (χ4n) is 4.52. The van der Waals surface area contributed by atoms with Crippen LogP contribution in [0.5, 0.6) is 5.75 Å². The van der Waals surface area contributed by atoms with Gasteiger partial charge in [-0.3, -0.25) is 13.9 Å². The number of hydrogen-bond acceptors (Lipinski definition) is 5. The van der Waals surface area contributed by atoms with E-state index in [0.29, 0.717) is 27.8 Å². The van der Waals surface area contributed by atoms with Crippen LogP contribution in [0, 0.1) is 0 Å². The Balaban J connectivity index is 1.97. The summed E-state index contributed by atoms with van der Waals surface area (Å²) in [4.78, 5) is 28.5. The van der Waals surface area contributed by atoms with Gasteiger partial charge in [0, 0.05) is 34.3 Å². The minimum absolute atomic E-state index is 0.0519. The third-order valence-electron chi connectivity index (χ3n) is 6.50. The highest BCUT2D eigenvalue weighted by atomic mass is 35.5. The maximum Gasteiger partial charge on any atom is 0.244 e. The molecule has 8 nitrogen and oxygen atoms in total. The molecule has 11 heteroatoms. The smallest absolute Gasteiger partial charge is 0.244 e. The van der Waals surface area contributed by atoms with Crippen LogP contribution in [0.25, 0.3) is 0 Å². The van der Waals surface area contributed by atoms with Crippen molar-refractivity contribution in [2.75, 3.05) is 24.2 Å². The van der Waals surface area contributed by atoms with Crippen molar-refractivity contribution in [1.29, 1.82) is 0 Å². The van der Waals surface area contributed by atoms with Gasteiger partial charge in [-0.2, -0.15) is 0 Å². The van der Waals surface area contributed by atoms with E-state index in [-0.39, 0.29) is 24.2 Å². The van der Waals surface area contributed by atoms with Gasteiger partial charge >= 0.3 is 0 Å². The Morgan fingerprint density at radius 1 is 1.11 bits per heavy atom. The highest BCUT2D eigenvalue weighted by Gasteiger charge is 2.33. The molecule has 1 atom stereocenters. The molecule has 2 amide bonds. The molecular weight excluding hydrogens is 537 g/mol. The average Bonchev–Trinajstić information content (AvgIpc) is 3.36. The summed E-state index contributed by atoms with van der Waals surface area (Å²) in [6.45, 7) is 1.24. The van der Waals surface area contributed by atoms with Gasteiger partial charge in [0.05, 0.1) is 19.1 Å². The first-order chi connectivity index (χ1) is 17.5. The summed E-state index contributed by atoms with van der Waals surface area (Å²) in [6, 6.07) is 10.7. The number of methoxy groups -OCH3 is 1. The summed E-state index contributed by atoms with van der Waals surface area (Å²) in [6.07, 6.45) is 5.23. The molecule has 0 aromatic heterocycles. The lowest BCUT2D eigenvalue weighted by Gasteiger charge is -2.33. The second-order valence-electron chi connectivity index (χ2n) is 9.11. The molecule has 0 spiro atoms. The molecule has 37 heavy (non-hydrogen) atoms. The second-order valence-corrected chi connectivity index (χ2v) is 11.8. The third-order valence-corrected chi connectivity index (χ3v) is 8.35. The standard InChI is InChI=1S/C26H33Cl2N3O5S/c1-4-24(26(33)29-18-9-5-6-10-18)30(16-21-22(27)13-8-14-23(21)28)25(32)17-31(37(3,34)35)19-11-7-12-20(15-19)36-2/h7-8,11-15,18,24H,4-6,9-10,16-17H2,1-3H3,(H,29,33). The highest BCUT2D eigenvalue weighted by Crippen LogP contribution is 2.28. The fraction of sp³-hybridized carbons (Fsp3) is 0.462. The number of sulfonamides is 1. The van der Waals surface area contributed by atoms with Crippen LogP contribution < -0.4 is 14.4 Å². The largest absolute Gasteiger partial charge is 0.497 e. The lowest BCUT2D eigenvalue weighted by atomic mass is 10.1. The minimum atomic E-state index is -3.85. The quantitative estimate of drug-likeness (QED) is 0.425. The van der Waals surface area contributed by atoms with E-state index in [1.807, 2.05) is 6.92 Å². The summed E-state index contributed by atoms with van der Waals surface area (Å²) < 4.78 is 31.7. The van der Waals surface area contributed by atoms with E-state index in [1.165, 1.54) is 18.1 Å². The Morgan fingerprint density at radius 3 is 2.30 bits per heavy atom. The van der Waals surface area contributed by atoms with Gasteiger partial charge in [-0.15, -0.1) is 0 Å². The first-order valence-electron chi connectivity index (χ1n) is 12.2. The summed E-state index contributed by atoms with van der Waals surface area (Å²) >= 11 is 12.8. The number of rotatable bonds is 11. The Morgan fingerprint density at radius 2 is 1.73 bits per heavy atom. The summed E-state index contributed by atoms with van der Waals surface area (Å²) in [7, 11) is -2.38. The Kier molecular flexibility index (Phi) is 10.1. The van der Waals surface area contributed by atoms with Crippen LogP contribution in [-0.4, -0.2) is 57.1 Å². The molecule has 0 bridgehead atoms. The molecule has 1 aliphatic rings. The maximum absolute atomic E-state index is 13.8. The number of carbonyl (C=O) groups excluding carboxylic acids is 2. The molecular formula is C26H33Cl2N3O5S. The van der Waals surface area contributed by atoms with Crippen molar-refractivity contribution in [3.05, 3.63) is 58.1 Å². The Bertz CT molecular complexity index is 1200. The van der Waals surface area contributed by atoms with Crippen LogP contribution in [0.15, 0.2) is 42.5 Å². The van der Waals surface area contributed by atoms with Crippen molar-refractivity contribution in [3.63, 3.8) is 0 Å². The van der Waals surface area contributed by atoms with Gasteiger partial charge in [0.1, 0.15) is 18.3 Å². The van der Waals surface area contributed by atoms with Gasteiger partial charge in [0.15, 0.2) is 0 Å². The molecule has 0 aliphatic heterocycles. The zero-order valence-electron chi connectivity index (χ0n) is 21.2. The van der Waals surface area contributed by atoms with Crippen LogP contribution in [-0.2, 0) is 26.2 Å². The van der Waals surface area contributed by atoms with E-state index in [9.17, 15) is 18.0 Å². The van der Waals surface area contributed by atoms with Crippen molar-refractivity contribution < 1.29 is 22.7 Å². The predicted molar refractivity (Wildman–Crippen MR) is 147 cm³/mol. The average molecular weight is 571 g/mol. The van der Waals surface area contributed by atoms with Crippen molar-refractivity contribution in [3.8, 4) is 5.75 Å². The van der Waals surface area contributed by atoms with E-state index in [2.05, 4.69) is 5.32 Å². The van der Waals surface area contributed by atoms with Crippen LogP contribution in [0.1, 0.15) is 44.6 Å².